The molecule has 0 amide bonds. The van der Waals surface area contributed by atoms with Crippen molar-refractivity contribution in [1.82, 2.24) is 0 Å². The van der Waals surface area contributed by atoms with Gasteiger partial charge in [0.25, 0.3) is 8.32 Å². The molecule has 1 heterocycles. The highest BCUT2D eigenvalue weighted by molar-refractivity contribution is 6.99. The fourth-order valence-electron chi connectivity index (χ4n) is 4.33. The molecule has 4 heteroatoms. The van der Waals surface area contributed by atoms with E-state index >= 15 is 0 Å². The molecule has 1 aliphatic heterocycles. The number of aliphatic hydroxyl groups is 1. The Morgan fingerprint density at radius 2 is 1.60 bits per heavy atom. The zero-order chi connectivity index (χ0) is 21.8. The first-order valence-electron chi connectivity index (χ1n) is 10.9. The Labute approximate surface area is 182 Å². The number of hydrogen-bond acceptors (Lipinski definition) is 3. The van der Waals surface area contributed by atoms with Crippen molar-refractivity contribution in [2.75, 3.05) is 13.2 Å². The van der Waals surface area contributed by atoms with Crippen LogP contribution in [0.25, 0.3) is 0 Å². The van der Waals surface area contributed by atoms with Gasteiger partial charge in [-0.3, -0.25) is 0 Å². The van der Waals surface area contributed by atoms with E-state index in [1.54, 1.807) is 0 Å². The Morgan fingerprint density at radius 3 is 2.03 bits per heavy atom. The average Bonchev–Trinajstić information content (AvgIpc) is 3.41. The zero-order valence-electron chi connectivity index (χ0n) is 19.0. The van der Waals surface area contributed by atoms with Crippen LogP contribution in [0.4, 0.5) is 0 Å². The van der Waals surface area contributed by atoms with Gasteiger partial charge in [-0.2, -0.15) is 0 Å². The van der Waals surface area contributed by atoms with Gasteiger partial charge in [-0.05, 0) is 42.1 Å². The largest absolute Gasteiger partial charge is 0.404 e. The van der Waals surface area contributed by atoms with Gasteiger partial charge >= 0.3 is 0 Å². The molecule has 1 N–H and O–H groups in total. The molecule has 0 aromatic heterocycles. The fourth-order valence-corrected chi connectivity index (χ4v) is 8.81. The second kappa shape index (κ2) is 9.19. The van der Waals surface area contributed by atoms with Crippen LogP contribution in [-0.4, -0.2) is 38.3 Å². The van der Waals surface area contributed by atoms with Gasteiger partial charge in [-0.15, -0.1) is 0 Å². The molecule has 3 rings (SSSR count). The van der Waals surface area contributed by atoms with Crippen molar-refractivity contribution in [3.63, 3.8) is 0 Å². The summed E-state index contributed by atoms with van der Waals surface area (Å²) >= 11 is 0. The maximum Gasteiger partial charge on any atom is 0.261 e. The summed E-state index contributed by atoms with van der Waals surface area (Å²) in [6, 6.07) is 21.5. The van der Waals surface area contributed by atoms with Crippen molar-refractivity contribution in [1.29, 1.82) is 0 Å². The maximum absolute atomic E-state index is 9.37. The lowest BCUT2D eigenvalue weighted by atomic mass is 10.0. The molecule has 0 unspecified atom stereocenters. The molecule has 1 aliphatic rings. The van der Waals surface area contributed by atoms with Crippen LogP contribution in [-0.2, 0) is 9.16 Å². The van der Waals surface area contributed by atoms with Crippen LogP contribution in [0.3, 0.4) is 0 Å². The molecule has 3 nitrogen and oxygen atoms in total. The number of hydrogen-bond donors (Lipinski definition) is 1. The van der Waals surface area contributed by atoms with E-state index in [0.717, 1.165) is 12.8 Å². The molecule has 0 spiro atoms. The van der Waals surface area contributed by atoms with Gasteiger partial charge in [0.2, 0.25) is 0 Å². The highest BCUT2D eigenvalue weighted by atomic mass is 28.4. The SMILES string of the molecule is C/C(=C\CO[Si](c1ccccc1)(c1ccccc1)C(C)(C)C)CC[C@H]1O[C@]1(C)CO. The van der Waals surface area contributed by atoms with Crippen molar-refractivity contribution < 1.29 is 14.3 Å². The smallest absolute Gasteiger partial charge is 0.261 e. The van der Waals surface area contributed by atoms with Crippen LogP contribution in [0, 0.1) is 0 Å². The lowest BCUT2D eigenvalue weighted by molar-refractivity contribution is 0.184. The summed E-state index contributed by atoms with van der Waals surface area (Å²) in [4.78, 5) is 0. The molecule has 0 saturated carbocycles. The third-order valence-electron chi connectivity index (χ3n) is 6.30. The molecule has 1 fully saturated rings. The first-order valence-corrected chi connectivity index (χ1v) is 12.8. The quantitative estimate of drug-likeness (QED) is 0.368. The molecule has 30 heavy (non-hydrogen) atoms. The first kappa shape index (κ1) is 23.0. The predicted octanol–water partition coefficient (Wildman–Crippen LogP) is 4.44. The highest BCUT2D eigenvalue weighted by Crippen LogP contribution is 2.39. The minimum absolute atomic E-state index is 0.0117. The lowest BCUT2D eigenvalue weighted by Crippen LogP contribution is -2.66. The van der Waals surface area contributed by atoms with E-state index in [1.165, 1.54) is 15.9 Å². The summed E-state index contributed by atoms with van der Waals surface area (Å²) in [5.41, 5.74) is 0.981. The second-order valence-electron chi connectivity index (χ2n) is 9.64. The third kappa shape index (κ3) is 4.78. The summed E-state index contributed by atoms with van der Waals surface area (Å²) in [6.07, 6.45) is 4.30. The maximum atomic E-state index is 9.37. The van der Waals surface area contributed by atoms with E-state index < -0.39 is 8.32 Å². The predicted molar refractivity (Wildman–Crippen MR) is 127 cm³/mol. The van der Waals surface area contributed by atoms with Gasteiger partial charge in [-0.1, -0.05) is 93.1 Å². The number of rotatable bonds is 9. The summed E-state index contributed by atoms with van der Waals surface area (Å²) in [7, 11) is -2.48. The van der Waals surface area contributed by atoms with Crippen molar-refractivity contribution in [3.05, 3.63) is 72.3 Å². The number of benzene rings is 2. The minimum atomic E-state index is -2.48. The van der Waals surface area contributed by atoms with Gasteiger partial charge in [0, 0.05) is 0 Å². The van der Waals surface area contributed by atoms with Gasteiger partial charge in [0.1, 0.15) is 5.60 Å². The number of allylic oxidation sites excluding steroid dienone is 1. The third-order valence-corrected chi connectivity index (χ3v) is 11.3. The van der Waals surface area contributed by atoms with E-state index in [-0.39, 0.29) is 23.4 Å². The van der Waals surface area contributed by atoms with Gasteiger partial charge in [-0.25, -0.2) is 0 Å². The molecule has 162 valence electrons. The molecule has 2 aromatic carbocycles. The van der Waals surface area contributed by atoms with Crippen LogP contribution in [0.2, 0.25) is 5.04 Å². The van der Waals surface area contributed by atoms with E-state index in [0.29, 0.717) is 6.61 Å². The lowest BCUT2D eigenvalue weighted by Gasteiger charge is -2.42. The monoisotopic (exact) mass is 424 g/mol. The van der Waals surface area contributed by atoms with Gasteiger partial charge < -0.3 is 14.3 Å². The summed E-state index contributed by atoms with van der Waals surface area (Å²) in [5, 5.41) is 12.0. The van der Waals surface area contributed by atoms with Crippen LogP contribution >= 0.6 is 0 Å². The van der Waals surface area contributed by atoms with Gasteiger partial charge in [0.15, 0.2) is 0 Å². The van der Waals surface area contributed by atoms with Crippen molar-refractivity contribution in [3.8, 4) is 0 Å². The van der Waals surface area contributed by atoms with Crippen LogP contribution in [0.15, 0.2) is 72.3 Å². The normalized spacial score (nSPS) is 22.2. The topological polar surface area (TPSA) is 42.0 Å². The molecular weight excluding hydrogens is 388 g/mol. The van der Waals surface area contributed by atoms with Crippen molar-refractivity contribution in [2.45, 2.75) is 64.2 Å². The number of ether oxygens (including phenoxy) is 1. The number of epoxide rings is 1. The molecule has 0 aliphatic carbocycles. The number of aliphatic hydroxyl groups excluding tert-OH is 1. The standard InChI is InChI=1S/C26H36O3Si/c1-21(16-17-24-26(5,20-27)29-24)18-19-28-30(25(2,3)4,22-12-8-6-9-13-22)23-14-10-7-11-15-23/h6-15,18,24,27H,16-17,19-20H2,1-5H3/b21-18+/t24-,26-/m1/s1. The highest BCUT2D eigenvalue weighted by Gasteiger charge is 2.51. The molecule has 2 atom stereocenters. The summed E-state index contributed by atoms with van der Waals surface area (Å²) in [6.45, 7) is 11.7. The molecule has 1 saturated heterocycles. The minimum Gasteiger partial charge on any atom is -0.404 e. The van der Waals surface area contributed by atoms with Crippen LogP contribution in [0.1, 0.15) is 47.5 Å². The second-order valence-corrected chi connectivity index (χ2v) is 13.9. The average molecular weight is 425 g/mol. The molecule has 2 aromatic rings. The van der Waals surface area contributed by atoms with Crippen LogP contribution < -0.4 is 10.4 Å². The Bertz CT molecular complexity index is 802. The summed E-state index contributed by atoms with van der Waals surface area (Å²) in [5.74, 6) is 0. The van der Waals surface area contributed by atoms with Crippen LogP contribution in [0.5, 0.6) is 0 Å². The van der Waals surface area contributed by atoms with E-state index in [4.69, 9.17) is 9.16 Å². The molecule has 0 bridgehead atoms. The molecular formula is C26H36O3Si. The molecule has 0 radical (unpaired) electrons. The summed E-state index contributed by atoms with van der Waals surface area (Å²) < 4.78 is 12.5. The van der Waals surface area contributed by atoms with E-state index in [2.05, 4.69) is 94.4 Å². The Kier molecular flexibility index (Phi) is 7.03. The van der Waals surface area contributed by atoms with E-state index in [9.17, 15) is 5.11 Å². The zero-order valence-corrected chi connectivity index (χ0v) is 20.0. The van der Waals surface area contributed by atoms with Crippen molar-refractivity contribution >= 4 is 18.7 Å². The van der Waals surface area contributed by atoms with Crippen molar-refractivity contribution in [2.24, 2.45) is 0 Å². The Hall–Kier alpha value is -1.72. The Morgan fingerprint density at radius 1 is 1.07 bits per heavy atom. The first-order chi connectivity index (χ1) is 14.2. The fraction of sp³-hybridized carbons (Fsp3) is 0.462. The van der Waals surface area contributed by atoms with E-state index in [1.807, 2.05) is 6.92 Å². The van der Waals surface area contributed by atoms with Gasteiger partial charge in [0.05, 0.1) is 19.3 Å². The Balaban J connectivity index is 1.80.